The smallest absolute Gasteiger partial charge is 0.227 e. The van der Waals surface area contributed by atoms with Crippen LogP contribution in [0.4, 0.5) is 0 Å². The SMILES string of the molecule is CCCCC(CNOCc1ccccc1)C(=O)N1CCCC1. The van der Waals surface area contributed by atoms with E-state index in [9.17, 15) is 4.79 Å². The molecule has 1 saturated heterocycles. The molecule has 1 aromatic carbocycles. The Morgan fingerprint density at radius 3 is 2.68 bits per heavy atom. The first-order chi connectivity index (χ1) is 10.8. The topological polar surface area (TPSA) is 41.6 Å². The maximum Gasteiger partial charge on any atom is 0.227 e. The number of unbranched alkanes of at least 4 members (excludes halogenated alkanes) is 1. The second-order valence-electron chi connectivity index (χ2n) is 5.99. The van der Waals surface area contributed by atoms with Gasteiger partial charge in [-0.3, -0.25) is 9.63 Å². The van der Waals surface area contributed by atoms with Crippen LogP contribution < -0.4 is 5.48 Å². The summed E-state index contributed by atoms with van der Waals surface area (Å²) in [5.41, 5.74) is 4.13. The number of carbonyl (C=O) groups excluding carboxylic acids is 1. The van der Waals surface area contributed by atoms with Crippen LogP contribution in [-0.2, 0) is 16.2 Å². The lowest BCUT2D eigenvalue weighted by molar-refractivity contribution is -0.135. The van der Waals surface area contributed by atoms with Crippen LogP contribution in [-0.4, -0.2) is 30.4 Å². The van der Waals surface area contributed by atoms with Gasteiger partial charge in [0.15, 0.2) is 0 Å². The second-order valence-corrected chi connectivity index (χ2v) is 5.99. The Bertz CT molecular complexity index is 430. The van der Waals surface area contributed by atoms with Crippen LogP contribution in [0, 0.1) is 5.92 Å². The Morgan fingerprint density at radius 1 is 1.27 bits per heavy atom. The molecule has 122 valence electrons. The van der Waals surface area contributed by atoms with E-state index >= 15 is 0 Å². The number of hydrogen-bond acceptors (Lipinski definition) is 3. The van der Waals surface area contributed by atoms with E-state index < -0.39 is 0 Å². The maximum absolute atomic E-state index is 12.5. The zero-order valence-corrected chi connectivity index (χ0v) is 13.6. The van der Waals surface area contributed by atoms with Gasteiger partial charge in [-0.2, -0.15) is 0 Å². The van der Waals surface area contributed by atoms with E-state index in [1.165, 1.54) is 0 Å². The summed E-state index contributed by atoms with van der Waals surface area (Å²) in [6, 6.07) is 10.1. The van der Waals surface area contributed by atoms with Crippen molar-refractivity contribution in [2.45, 2.75) is 45.6 Å². The third kappa shape index (κ3) is 5.43. The van der Waals surface area contributed by atoms with Crippen molar-refractivity contribution in [3.63, 3.8) is 0 Å². The summed E-state index contributed by atoms with van der Waals surface area (Å²) >= 11 is 0. The number of nitrogens with zero attached hydrogens (tertiary/aromatic N) is 1. The minimum atomic E-state index is 0.0359. The molecule has 0 bridgehead atoms. The first-order valence-corrected chi connectivity index (χ1v) is 8.48. The van der Waals surface area contributed by atoms with Gasteiger partial charge >= 0.3 is 0 Å². The van der Waals surface area contributed by atoms with Gasteiger partial charge in [-0.25, -0.2) is 5.48 Å². The molecule has 1 amide bonds. The number of amides is 1. The molecule has 1 unspecified atom stereocenters. The number of rotatable bonds is 9. The standard InChI is InChI=1S/C18H28N2O2/c1-2-3-11-17(18(21)20-12-7-8-13-20)14-19-22-15-16-9-5-4-6-10-16/h4-6,9-10,17,19H,2-3,7-8,11-15H2,1H3. The van der Waals surface area contributed by atoms with Crippen LogP contribution >= 0.6 is 0 Å². The van der Waals surface area contributed by atoms with Crippen molar-refractivity contribution in [2.24, 2.45) is 5.92 Å². The third-order valence-corrected chi connectivity index (χ3v) is 4.19. The molecule has 2 rings (SSSR count). The number of hydroxylamine groups is 1. The molecule has 1 aromatic rings. The highest BCUT2D eigenvalue weighted by molar-refractivity contribution is 5.79. The highest BCUT2D eigenvalue weighted by Crippen LogP contribution is 2.16. The zero-order chi connectivity index (χ0) is 15.6. The molecule has 1 aliphatic rings. The molecule has 0 saturated carbocycles. The molecule has 22 heavy (non-hydrogen) atoms. The molecule has 4 heteroatoms. The highest BCUT2D eigenvalue weighted by Gasteiger charge is 2.25. The molecule has 1 fully saturated rings. The van der Waals surface area contributed by atoms with Crippen LogP contribution in [0.25, 0.3) is 0 Å². The summed E-state index contributed by atoms with van der Waals surface area (Å²) in [7, 11) is 0. The Hall–Kier alpha value is -1.39. The Kier molecular flexibility index (Phi) is 7.40. The summed E-state index contributed by atoms with van der Waals surface area (Å²) in [6.45, 7) is 5.14. The summed E-state index contributed by atoms with van der Waals surface area (Å²) in [5, 5.41) is 0. The molecule has 0 aromatic heterocycles. The van der Waals surface area contributed by atoms with E-state index in [2.05, 4.69) is 12.4 Å². The van der Waals surface area contributed by atoms with E-state index in [1.807, 2.05) is 35.2 Å². The minimum absolute atomic E-state index is 0.0359. The monoisotopic (exact) mass is 304 g/mol. The Labute approximate surface area is 133 Å². The van der Waals surface area contributed by atoms with Crippen LogP contribution in [0.3, 0.4) is 0 Å². The normalized spacial score (nSPS) is 16.0. The van der Waals surface area contributed by atoms with Crippen molar-refractivity contribution < 1.29 is 9.63 Å². The average molecular weight is 304 g/mol. The van der Waals surface area contributed by atoms with Gasteiger partial charge in [0, 0.05) is 19.6 Å². The fourth-order valence-corrected chi connectivity index (χ4v) is 2.83. The van der Waals surface area contributed by atoms with Gasteiger partial charge in [0.05, 0.1) is 12.5 Å². The van der Waals surface area contributed by atoms with Gasteiger partial charge in [0.25, 0.3) is 0 Å². The summed E-state index contributed by atoms with van der Waals surface area (Å²) in [5.74, 6) is 0.329. The number of likely N-dealkylation sites (tertiary alicyclic amines) is 1. The number of benzene rings is 1. The number of nitrogens with one attached hydrogen (secondary N) is 1. The zero-order valence-electron chi connectivity index (χ0n) is 13.6. The van der Waals surface area contributed by atoms with Crippen LogP contribution in [0.1, 0.15) is 44.6 Å². The van der Waals surface area contributed by atoms with Gasteiger partial charge in [0.1, 0.15) is 0 Å². The second kappa shape index (κ2) is 9.59. The van der Waals surface area contributed by atoms with Crippen LogP contribution in [0.15, 0.2) is 30.3 Å². The quantitative estimate of drug-likeness (QED) is 0.563. The largest absolute Gasteiger partial charge is 0.342 e. The van der Waals surface area contributed by atoms with Crippen molar-refractivity contribution in [2.75, 3.05) is 19.6 Å². The first-order valence-electron chi connectivity index (χ1n) is 8.48. The number of hydrogen-bond donors (Lipinski definition) is 1. The Morgan fingerprint density at radius 2 is 2.00 bits per heavy atom. The van der Waals surface area contributed by atoms with Gasteiger partial charge in [0.2, 0.25) is 5.91 Å². The third-order valence-electron chi connectivity index (χ3n) is 4.19. The molecule has 1 atom stereocenters. The molecule has 1 heterocycles. The predicted octanol–water partition coefficient (Wildman–Crippen LogP) is 3.14. The van der Waals surface area contributed by atoms with Crippen LogP contribution in [0.5, 0.6) is 0 Å². The molecule has 1 N–H and O–H groups in total. The average Bonchev–Trinajstić information content (AvgIpc) is 3.09. The molecule has 4 nitrogen and oxygen atoms in total. The lowest BCUT2D eigenvalue weighted by Crippen LogP contribution is -2.38. The van der Waals surface area contributed by atoms with E-state index in [0.717, 1.165) is 50.8 Å². The molecular weight excluding hydrogens is 276 g/mol. The summed E-state index contributed by atoms with van der Waals surface area (Å²) in [4.78, 5) is 20.1. The van der Waals surface area contributed by atoms with Crippen molar-refractivity contribution in [1.29, 1.82) is 0 Å². The number of carbonyl (C=O) groups is 1. The minimum Gasteiger partial charge on any atom is -0.342 e. The van der Waals surface area contributed by atoms with Crippen molar-refractivity contribution in [3.05, 3.63) is 35.9 Å². The molecule has 0 spiro atoms. The molecule has 1 aliphatic heterocycles. The summed E-state index contributed by atoms with van der Waals surface area (Å²) in [6.07, 6.45) is 5.43. The lowest BCUT2D eigenvalue weighted by Gasteiger charge is -2.23. The van der Waals surface area contributed by atoms with Gasteiger partial charge < -0.3 is 4.90 Å². The van der Waals surface area contributed by atoms with Crippen molar-refractivity contribution in [1.82, 2.24) is 10.4 Å². The van der Waals surface area contributed by atoms with E-state index in [0.29, 0.717) is 19.1 Å². The maximum atomic E-state index is 12.5. The van der Waals surface area contributed by atoms with E-state index in [1.54, 1.807) is 0 Å². The predicted molar refractivity (Wildman–Crippen MR) is 88.1 cm³/mol. The molecule has 0 aliphatic carbocycles. The molecule has 0 radical (unpaired) electrons. The fourth-order valence-electron chi connectivity index (χ4n) is 2.83. The summed E-state index contributed by atoms with van der Waals surface area (Å²) < 4.78 is 0. The fraction of sp³-hybridized carbons (Fsp3) is 0.611. The van der Waals surface area contributed by atoms with Crippen LogP contribution in [0.2, 0.25) is 0 Å². The lowest BCUT2D eigenvalue weighted by atomic mass is 10.0. The first kappa shape index (κ1) is 17.0. The van der Waals surface area contributed by atoms with Crippen molar-refractivity contribution in [3.8, 4) is 0 Å². The van der Waals surface area contributed by atoms with Crippen molar-refractivity contribution >= 4 is 5.91 Å². The van der Waals surface area contributed by atoms with Gasteiger partial charge in [-0.1, -0.05) is 50.1 Å². The highest BCUT2D eigenvalue weighted by atomic mass is 16.6. The molecular formula is C18H28N2O2. The van der Waals surface area contributed by atoms with Gasteiger partial charge in [-0.15, -0.1) is 0 Å². The Balaban J connectivity index is 1.75. The van der Waals surface area contributed by atoms with Gasteiger partial charge in [-0.05, 0) is 24.8 Å². The van der Waals surface area contributed by atoms with E-state index in [-0.39, 0.29) is 5.92 Å². The van der Waals surface area contributed by atoms with E-state index in [4.69, 9.17) is 4.84 Å².